The van der Waals surface area contributed by atoms with Crippen molar-refractivity contribution < 1.29 is 38.7 Å². The van der Waals surface area contributed by atoms with Gasteiger partial charge in [0.25, 0.3) is 11.1 Å². The standard InChI is InChI=1S/2C16H22N4O6S/c2*1-4-9(22)10-5-8(6(2)25-7(3)21)14(26-10)20-12-11(27-16(20)24)13(23)19-15(17)18-12/h2*6,8-10,14,22H,4-5H2,1-3H3,(H3,17,18,19,23)/t6-,8+,9+,10+,14-;6-,8-,9-,10-,14+/m10/s1. The van der Waals surface area contributed by atoms with Gasteiger partial charge in [-0.2, -0.15) is 9.97 Å². The lowest BCUT2D eigenvalue weighted by molar-refractivity contribution is -0.151. The molecule has 20 nitrogen and oxygen atoms in total. The van der Waals surface area contributed by atoms with Crippen LogP contribution in [0, 0.1) is 11.8 Å². The minimum atomic E-state index is -0.847. The minimum Gasteiger partial charge on any atom is -0.462 e. The first kappa shape index (κ1) is 40.7. The number of fused-ring (bicyclic) bond motifs is 2. The van der Waals surface area contributed by atoms with E-state index in [0.717, 1.165) is 22.7 Å². The van der Waals surface area contributed by atoms with E-state index in [1.165, 1.54) is 23.0 Å². The Morgan fingerprint density at radius 2 is 1.13 bits per heavy atom. The Bertz CT molecular complexity index is 2090. The second kappa shape index (κ2) is 16.5. The van der Waals surface area contributed by atoms with Crippen molar-refractivity contribution >= 4 is 67.2 Å². The summed E-state index contributed by atoms with van der Waals surface area (Å²) >= 11 is 1.48. The number of hydrogen-bond acceptors (Lipinski definition) is 18. The number of esters is 2. The predicted octanol–water partition coefficient (Wildman–Crippen LogP) is 0.709. The van der Waals surface area contributed by atoms with Crippen LogP contribution in [0.3, 0.4) is 0 Å². The highest BCUT2D eigenvalue weighted by Gasteiger charge is 2.46. The Balaban J connectivity index is 0.000000208. The summed E-state index contributed by atoms with van der Waals surface area (Å²) in [7, 11) is 0. The fourth-order valence-electron chi connectivity index (χ4n) is 6.85. The van der Waals surface area contributed by atoms with Gasteiger partial charge in [-0.3, -0.25) is 47.9 Å². The summed E-state index contributed by atoms with van der Waals surface area (Å²) < 4.78 is 25.3. The molecule has 0 amide bonds. The fraction of sp³-hybridized carbons (Fsp3) is 0.625. The fourth-order valence-corrected chi connectivity index (χ4v) is 8.54. The molecule has 0 radical (unpaired) electrons. The molecule has 8 N–H and O–H groups in total. The van der Waals surface area contributed by atoms with Gasteiger partial charge in [-0.05, 0) is 39.5 Å². The highest BCUT2D eigenvalue weighted by atomic mass is 32.1. The highest BCUT2D eigenvalue weighted by molar-refractivity contribution is 7.16. The zero-order valence-electron chi connectivity index (χ0n) is 30.3. The molecular weight excluding hydrogens is 753 g/mol. The molecule has 22 heteroatoms. The number of nitrogens with one attached hydrogen (secondary N) is 2. The van der Waals surface area contributed by atoms with Crippen LogP contribution in [0.2, 0.25) is 0 Å². The van der Waals surface area contributed by atoms with Crippen LogP contribution in [0.4, 0.5) is 11.9 Å². The van der Waals surface area contributed by atoms with E-state index in [1.54, 1.807) is 13.8 Å². The molecule has 54 heavy (non-hydrogen) atoms. The third-order valence-corrected chi connectivity index (χ3v) is 11.4. The zero-order valence-corrected chi connectivity index (χ0v) is 32.0. The number of nitrogens with two attached hydrogens (primary N) is 2. The highest BCUT2D eigenvalue weighted by Crippen LogP contribution is 2.41. The summed E-state index contributed by atoms with van der Waals surface area (Å²) in [5.41, 5.74) is 10.5. The topological polar surface area (TPSA) is 299 Å². The average molecular weight is 797 g/mol. The first-order chi connectivity index (χ1) is 25.4. The number of carbonyl (C=O) groups excluding carboxylic acids is 2. The van der Waals surface area contributed by atoms with Crippen molar-refractivity contribution in [1.82, 2.24) is 29.1 Å². The number of carbonyl (C=O) groups is 2. The smallest absolute Gasteiger partial charge is 0.311 e. The SMILES string of the molecule is CC[C@H](O)[C@@H]1C[C@@H]([C@@H](C)OC(C)=O)[C@H](n2c(=O)sc3c(=O)[nH]c(N)nc32)O1.CC[C@H](O)[C@@H]1C[C@@H]([C@H](C)OC(C)=O)[C@H](n2c(=O)sc3c(=O)[nH]c(N)nc32)O1. The molecule has 2 saturated heterocycles. The molecule has 10 atom stereocenters. The number of hydrogen-bond donors (Lipinski definition) is 6. The van der Waals surface area contributed by atoms with E-state index in [9.17, 15) is 39.0 Å². The maximum absolute atomic E-state index is 12.6. The van der Waals surface area contributed by atoms with Gasteiger partial charge in [-0.25, -0.2) is 0 Å². The summed E-state index contributed by atoms with van der Waals surface area (Å²) in [5.74, 6) is -1.96. The van der Waals surface area contributed by atoms with Crippen LogP contribution in [0.5, 0.6) is 0 Å². The molecule has 0 aromatic carbocycles. The van der Waals surface area contributed by atoms with Crippen molar-refractivity contribution in [1.29, 1.82) is 0 Å². The largest absolute Gasteiger partial charge is 0.462 e. The Hall–Kier alpha value is -4.48. The van der Waals surface area contributed by atoms with Gasteiger partial charge in [0.2, 0.25) is 11.9 Å². The molecule has 0 aliphatic carbocycles. The first-order valence-electron chi connectivity index (χ1n) is 17.3. The van der Waals surface area contributed by atoms with Crippen LogP contribution in [0.15, 0.2) is 19.2 Å². The number of aliphatic hydroxyl groups excluding tert-OH is 2. The predicted molar refractivity (Wildman–Crippen MR) is 197 cm³/mol. The maximum Gasteiger partial charge on any atom is 0.311 e. The Kier molecular flexibility index (Phi) is 12.4. The number of aromatic nitrogens is 6. The third-order valence-electron chi connectivity index (χ3n) is 9.47. The van der Waals surface area contributed by atoms with Gasteiger partial charge in [-0.15, -0.1) is 0 Å². The minimum absolute atomic E-state index is 0.114. The van der Waals surface area contributed by atoms with Crippen molar-refractivity contribution in [2.45, 2.75) is 116 Å². The third kappa shape index (κ3) is 8.27. The molecule has 4 aromatic rings. The summed E-state index contributed by atoms with van der Waals surface area (Å²) in [5, 5.41) is 20.4. The lowest BCUT2D eigenvalue weighted by atomic mass is 9.95. The molecule has 2 aliphatic heterocycles. The molecule has 0 spiro atoms. The van der Waals surface area contributed by atoms with E-state index >= 15 is 0 Å². The molecular formula is C32H44N8O12S2. The van der Waals surface area contributed by atoms with E-state index in [-0.39, 0.29) is 32.6 Å². The van der Waals surface area contributed by atoms with Crippen LogP contribution >= 0.6 is 22.7 Å². The van der Waals surface area contributed by atoms with E-state index in [4.69, 9.17) is 30.4 Å². The lowest BCUT2D eigenvalue weighted by Crippen LogP contribution is -2.32. The van der Waals surface area contributed by atoms with Crippen LogP contribution in [-0.4, -0.2) is 87.8 Å². The van der Waals surface area contributed by atoms with Crippen LogP contribution < -0.4 is 32.3 Å². The lowest BCUT2D eigenvalue weighted by Gasteiger charge is -2.24. The second-order valence-corrected chi connectivity index (χ2v) is 15.1. The molecule has 2 fully saturated rings. The van der Waals surface area contributed by atoms with Crippen LogP contribution in [-0.2, 0) is 28.5 Å². The molecule has 4 aromatic heterocycles. The Morgan fingerprint density at radius 3 is 1.44 bits per heavy atom. The number of nitrogens with zero attached hydrogens (tertiary/aromatic N) is 4. The molecule has 0 unspecified atom stereocenters. The van der Waals surface area contributed by atoms with E-state index < -0.39 is 93.7 Å². The van der Waals surface area contributed by atoms with Crippen molar-refractivity contribution in [3.8, 4) is 0 Å². The van der Waals surface area contributed by atoms with E-state index in [1.807, 2.05) is 13.8 Å². The van der Waals surface area contributed by atoms with E-state index in [2.05, 4.69) is 19.9 Å². The summed E-state index contributed by atoms with van der Waals surface area (Å²) in [4.78, 5) is 84.2. The van der Waals surface area contributed by atoms with Gasteiger partial charge in [0, 0.05) is 25.7 Å². The molecule has 6 rings (SSSR count). The van der Waals surface area contributed by atoms with Gasteiger partial charge in [0.05, 0.1) is 24.4 Å². The number of nitrogen functional groups attached to an aromatic ring is 2. The quantitative estimate of drug-likeness (QED) is 0.120. The molecule has 0 bridgehead atoms. The number of aromatic amines is 2. The maximum atomic E-state index is 12.6. The normalized spacial score (nSPS) is 24.8. The zero-order chi connectivity index (χ0) is 39.8. The molecule has 0 saturated carbocycles. The number of anilines is 2. The molecule has 6 heterocycles. The molecule has 296 valence electrons. The van der Waals surface area contributed by atoms with Crippen molar-refractivity contribution in [3.63, 3.8) is 0 Å². The van der Waals surface area contributed by atoms with Crippen LogP contribution in [0.25, 0.3) is 20.7 Å². The van der Waals surface area contributed by atoms with Gasteiger partial charge in [0.1, 0.15) is 34.1 Å². The number of thiazole rings is 2. The monoisotopic (exact) mass is 796 g/mol. The number of aliphatic hydroxyl groups is 2. The summed E-state index contributed by atoms with van der Waals surface area (Å²) in [6, 6.07) is 0. The second-order valence-electron chi connectivity index (χ2n) is 13.2. The Morgan fingerprint density at radius 1 is 0.778 bits per heavy atom. The number of rotatable bonds is 10. The Labute approximate surface area is 314 Å². The number of H-pyrrole nitrogens is 2. The summed E-state index contributed by atoms with van der Waals surface area (Å²) in [6.07, 6.45) is -3.66. The van der Waals surface area contributed by atoms with Crippen LogP contribution in [0.1, 0.15) is 79.7 Å². The van der Waals surface area contributed by atoms with Gasteiger partial charge < -0.3 is 40.6 Å². The first-order valence-corrected chi connectivity index (χ1v) is 18.9. The van der Waals surface area contributed by atoms with Gasteiger partial charge in [0.15, 0.2) is 11.3 Å². The van der Waals surface area contributed by atoms with Crippen molar-refractivity contribution in [3.05, 3.63) is 40.0 Å². The molecule has 2 aliphatic rings. The summed E-state index contributed by atoms with van der Waals surface area (Å²) in [6.45, 7) is 9.65. The average Bonchev–Trinajstić information content (AvgIpc) is 3.86. The van der Waals surface area contributed by atoms with Gasteiger partial charge in [-0.1, -0.05) is 36.5 Å². The number of ether oxygens (including phenoxy) is 4. The van der Waals surface area contributed by atoms with Crippen molar-refractivity contribution in [2.75, 3.05) is 11.5 Å². The van der Waals surface area contributed by atoms with Gasteiger partial charge >= 0.3 is 21.7 Å². The van der Waals surface area contributed by atoms with Crippen molar-refractivity contribution in [2.24, 2.45) is 11.8 Å². The van der Waals surface area contributed by atoms with E-state index in [0.29, 0.717) is 25.7 Å².